The second kappa shape index (κ2) is 10.0. The fraction of sp³-hybridized carbons (Fsp3) is 0.103. The van der Waals surface area contributed by atoms with Crippen LogP contribution in [0.5, 0.6) is 5.75 Å². The Labute approximate surface area is 209 Å². The van der Waals surface area contributed by atoms with Crippen LogP contribution in [-0.2, 0) is 11.4 Å². The lowest BCUT2D eigenvalue weighted by molar-refractivity contribution is -0.111. The Morgan fingerprint density at radius 1 is 0.829 bits per heavy atom. The van der Waals surface area contributed by atoms with Crippen molar-refractivity contribution in [2.45, 2.75) is 19.7 Å². The quantitative estimate of drug-likeness (QED) is 0.289. The molecular weight excluding hydrogens is 458 g/mol. The van der Waals surface area contributed by atoms with E-state index in [2.05, 4.69) is 0 Å². The normalized spacial score (nSPS) is 15.1. The monoisotopic (exact) mass is 481 g/mol. The van der Waals surface area contributed by atoms with Gasteiger partial charge in [-0.25, -0.2) is 5.01 Å². The van der Waals surface area contributed by atoms with Crippen LogP contribution in [0.25, 0.3) is 0 Å². The first-order valence-electron chi connectivity index (χ1n) is 11.4. The van der Waals surface area contributed by atoms with E-state index in [1.165, 1.54) is 0 Å². The number of carbonyl (C=O) groups excluding carboxylic acids is 1. The second-order valence-electron chi connectivity index (χ2n) is 8.22. The number of nitrogens with zero attached hydrogens (tertiary/aromatic N) is 3. The molecule has 0 amide bonds. The Morgan fingerprint density at radius 3 is 2.03 bits per heavy atom. The first-order valence-corrected chi connectivity index (χ1v) is 11.7. The molecule has 4 aromatic carbocycles. The molecule has 174 valence electrons. The van der Waals surface area contributed by atoms with Crippen LogP contribution in [0.15, 0.2) is 114 Å². The first-order chi connectivity index (χ1) is 17.1. The molecule has 4 aromatic rings. The number of carbonyl (C=O) groups is 1. The van der Waals surface area contributed by atoms with E-state index in [4.69, 9.17) is 21.4 Å². The molecule has 0 aliphatic carbocycles. The predicted molar refractivity (Wildman–Crippen MR) is 141 cm³/mol. The summed E-state index contributed by atoms with van der Waals surface area (Å²) in [5.74, 6) is 1.06. The number of hydrazone groups is 1. The molecule has 1 atom stereocenters. The second-order valence-corrected chi connectivity index (χ2v) is 8.66. The number of hydrogen-bond donors (Lipinski definition) is 0. The van der Waals surface area contributed by atoms with E-state index in [9.17, 15) is 4.79 Å². The summed E-state index contributed by atoms with van der Waals surface area (Å²) >= 11 is 5.97. The van der Waals surface area contributed by atoms with Crippen molar-refractivity contribution in [1.82, 2.24) is 0 Å². The largest absolute Gasteiger partial charge is 0.489 e. The molecule has 0 aromatic heterocycles. The maximum atomic E-state index is 12.7. The van der Waals surface area contributed by atoms with Gasteiger partial charge in [0, 0.05) is 17.6 Å². The van der Waals surface area contributed by atoms with Gasteiger partial charge in [0.15, 0.2) is 17.8 Å². The van der Waals surface area contributed by atoms with Crippen LogP contribution in [0.1, 0.15) is 24.2 Å². The van der Waals surface area contributed by atoms with Gasteiger partial charge in [-0.2, -0.15) is 0 Å². The summed E-state index contributed by atoms with van der Waals surface area (Å²) < 4.78 is 5.98. The highest BCUT2D eigenvalue weighted by atomic mass is 35.5. The maximum Gasteiger partial charge on any atom is 0.198 e. The molecule has 0 bridgehead atoms. The van der Waals surface area contributed by atoms with Crippen molar-refractivity contribution in [3.8, 4) is 5.75 Å². The van der Waals surface area contributed by atoms with E-state index in [0.717, 1.165) is 28.3 Å². The number of para-hydroxylation sites is 2. The fourth-order valence-electron chi connectivity index (χ4n) is 4.08. The van der Waals surface area contributed by atoms with Crippen molar-refractivity contribution in [3.05, 3.63) is 125 Å². The molecule has 0 saturated heterocycles. The average molecular weight is 482 g/mol. The van der Waals surface area contributed by atoms with Gasteiger partial charge in [0.05, 0.1) is 5.69 Å². The Kier molecular flexibility index (Phi) is 6.51. The number of rotatable bonds is 7. The number of benzene rings is 4. The summed E-state index contributed by atoms with van der Waals surface area (Å²) in [7, 11) is 0. The standard InChI is InChI=1S/C29H24ClN3O2/c1-21(34)28-31-33(26-10-6-3-7-11-26)29(32(28)25-8-4-2-5-9-25)23-14-18-27(19-15-23)35-20-22-12-16-24(30)17-13-22/h2-19,29H,20H2,1H3/t29-/m1/s1. The molecule has 0 N–H and O–H groups in total. The molecule has 1 aliphatic rings. The minimum Gasteiger partial charge on any atom is -0.489 e. The summed E-state index contributed by atoms with van der Waals surface area (Å²) in [5.41, 5.74) is 3.82. The molecule has 0 fully saturated rings. The van der Waals surface area contributed by atoms with Gasteiger partial charge in [-0.1, -0.05) is 72.3 Å². The summed E-state index contributed by atoms with van der Waals surface area (Å²) in [6, 6.07) is 35.3. The Balaban J connectivity index is 1.47. The zero-order chi connectivity index (χ0) is 24.2. The first kappa shape index (κ1) is 22.7. The molecule has 5 nitrogen and oxygen atoms in total. The van der Waals surface area contributed by atoms with Crippen LogP contribution in [0.4, 0.5) is 11.4 Å². The number of ether oxygens (including phenoxy) is 1. The van der Waals surface area contributed by atoms with Gasteiger partial charge in [-0.15, -0.1) is 5.10 Å². The lowest BCUT2D eigenvalue weighted by Crippen LogP contribution is -2.37. The van der Waals surface area contributed by atoms with E-state index in [1.54, 1.807) is 6.92 Å². The topological polar surface area (TPSA) is 45.1 Å². The minimum atomic E-state index is -0.330. The minimum absolute atomic E-state index is 0.0970. The summed E-state index contributed by atoms with van der Waals surface area (Å²) in [5, 5.41) is 7.36. The van der Waals surface area contributed by atoms with E-state index in [-0.39, 0.29) is 11.9 Å². The molecule has 0 unspecified atom stereocenters. The van der Waals surface area contributed by atoms with Crippen molar-refractivity contribution in [1.29, 1.82) is 0 Å². The SMILES string of the molecule is CC(=O)C1=NN(c2ccccc2)[C@H](c2ccc(OCc3ccc(Cl)cc3)cc2)N1c1ccccc1. The summed E-state index contributed by atoms with van der Waals surface area (Å²) in [6.07, 6.45) is -0.330. The number of amidine groups is 1. The maximum absolute atomic E-state index is 12.7. The van der Waals surface area contributed by atoms with E-state index < -0.39 is 0 Å². The zero-order valence-corrected chi connectivity index (χ0v) is 20.0. The van der Waals surface area contributed by atoms with Crippen LogP contribution in [0.3, 0.4) is 0 Å². The predicted octanol–water partition coefficient (Wildman–Crippen LogP) is 6.85. The van der Waals surface area contributed by atoms with Crippen molar-refractivity contribution in [2.24, 2.45) is 5.10 Å². The molecule has 35 heavy (non-hydrogen) atoms. The Morgan fingerprint density at radius 2 is 1.43 bits per heavy atom. The smallest absolute Gasteiger partial charge is 0.198 e. The molecule has 0 radical (unpaired) electrons. The van der Waals surface area contributed by atoms with Crippen LogP contribution >= 0.6 is 11.6 Å². The lowest BCUT2D eigenvalue weighted by atomic mass is 10.1. The number of halogens is 1. The third kappa shape index (κ3) is 4.91. The van der Waals surface area contributed by atoms with Crippen LogP contribution < -0.4 is 14.6 Å². The summed E-state index contributed by atoms with van der Waals surface area (Å²) in [4.78, 5) is 14.6. The number of anilines is 2. The van der Waals surface area contributed by atoms with Gasteiger partial charge in [-0.05, 0) is 59.7 Å². The van der Waals surface area contributed by atoms with Crippen molar-refractivity contribution < 1.29 is 9.53 Å². The average Bonchev–Trinajstić information content (AvgIpc) is 3.31. The van der Waals surface area contributed by atoms with Crippen molar-refractivity contribution >= 4 is 34.6 Å². The lowest BCUT2D eigenvalue weighted by Gasteiger charge is -2.32. The zero-order valence-electron chi connectivity index (χ0n) is 19.2. The van der Waals surface area contributed by atoms with Gasteiger partial charge < -0.3 is 4.74 Å². The molecular formula is C29H24ClN3O2. The van der Waals surface area contributed by atoms with E-state index in [0.29, 0.717) is 17.5 Å². The number of hydrogen-bond acceptors (Lipinski definition) is 5. The van der Waals surface area contributed by atoms with Crippen LogP contribution in [-0.4, -0.2) is 11.6 Å². The van der Waals surface area contributed by atoms with Gasteiger partial charge in [0.2, 0.25) is 0 Å². The third-order valence-electron chi connectivity index (χ3n) is 5.77. The van der Waals surface area contributed by atoms with Gasteiger partial charge in [0.1, 0.15) is 12.4 Å². The number of Topliss-reactive ketones (excluding diaryl/α,β-unsaturated/α-hetero) is 1. The van der Waals surface area contributed by atoms with Crippen molar-refractivity contribution in [3.63, 3.8) is 0 Å². The van der Waals surface area contributed by atoms with Crippen LogP contribution in [0.2, 0.25) is 5.02 Å². The molecule has 1 aliphatic heterocycles. The molecule has 5 rings (SSSR count). The Hall–Kier alpha value is -4.09. The Bertz CT molecular complexity index is 1320. The molecule has 0 saturated carbocycles. The van der Waals surface area contributed by atoms with E-state index in [1.807, 2.05) is 119 Å². The molecule has 0 spiro atoms. The van der Waals surface area contributed by atoms with Gasteiger partial charge in [-0.3, -0.25) is 9.69 Å². The highest BCUT2D eigenvalue weighted by molar-refractivity contribution is 6.44. The number of ketones is 1. The van der Waals surface area contributed by atoms with Gasteiger partial charge >= 0.3 is 0 Å². The highest BCUT2D eigenvalue weighted by Gasteiger charge is 2.39. The summed E-state index contributed by atoms with van der Waals surface area (Å²) in [6.45, 7) is 2.00. The highest BCUT2D eigenvalue weighted by Crippen LogP contribution is 2.39. The van der Waals surface area contributed by atoms with Crippen molar-refractivity contribution in [2.75, 3.05) is 9.91 Å². The molecule has 6 heteroatoms. The van der Waals surface area contributed by atoms with Crippen LogP contribution in [0, 0.1) is 0 Å². The molecule has 1 heterocycles. The fourth-order valence-corrected chi connectivity index (χ4v) is 4.20. The van der Waals surface area contributed by atoms with Gasteiger partial charge in [0.25, 0.3) is 0 Å². The third-order valence-corrected chi connectivity index (χ3v) is 6.03. The van der Waals surface area contributed by atoms with E-state index >= 15 is 0 Å².